The molecule has 132 valence electrons. The number of carbonyl (C=O) groups is 2. The number of methoxy groups -OCH3 is 1. The van der Waals surface area contributed by atoms with Crippen LogP contribution in [-0.4, -0.2) is 37.1 Å². The Bertz CT molecular complexity index is 739. The minimum Gasteiger partial charge on any atom is -0.460 e. The summed E-state index contributed by atoms with van der Waals surface area (Å²) in [6.07, 6.45) is 4.98. The van der Waals surface area contributed by atoms with Crippen LogP contribution < -0.4 is 5.73 Å². The minimum atomic E-state index is -0.610. The van der Waals surface area contributed by atoms with E-state index in [1.165, 1.54) is 7.11 Å². The molecule has 1 atom stereocenters. The van der Waals surface area contributed by atoms with Crippen LogP contribution in [0.1, 0.15) is 30.7 Å². The molecule has 1 aromatic rings. The zero-order valence-corrected chi connectivity index (χ0v) is 14.0. The zero-order valence-electron chi connectivity index (χ0n) is 14.0. The summed E-state index contributed by atoms with van der Waals surface area (Å²) in [7, 11) is 1.52. The fourth-order valence-electron chi connectivity index (χ4n) is 3.14. The van der Waals surface area contributed by atoms with Crippen LogP contribution in [0.15, 0.2) is 47.3 Å². The quantitative estimate of drug-likeness (QED) is 0.639. The van der Waals surface area contributed by atoms with E-state index in [-0.39, 0.29) is 30.5 Å². The van der Waals surface area contributed by atoms with Crippen molar-refractivity contribution in [1.29, 1.82) is 0 Å². The molecule has 1 aliphatic carbocycles. The number of rotatable bonds is 5. The molecule has 1 unspecified atom stereocenters. The van der Waals surface area contributed by atoms with Gasteiger partial charge in [0.2, 0.25) is 5.88 Å². The molecule has 2 aliphatic rings. The molecule has 3 rings (SSSR count). The third-order valence-corrected chi connectivity index (χ3v) is 4.26. The van der Waals surface area contributed by atoms with E-state index < -0.39 is 11.9 Å². The van der Waals surface area contributed by atoms with Crippen LogP contribution in [0.2, 0.25) is 0 Å². The summed E-state index contributed by atoms with van der Waals surface area (Å²) >= 11 is 0. The predicted molar refractivity (Wildman–Crippen MR) is 88.0 cm³/mol. The van der Waals surface area contributed by atoms with Crippen LogP contribution in [0.3, 0.4) is 0 Å². The van der Waals surface area contributed by atoms with E-state index in [4.69, 9.17) is 19.9 Å². The lowest BCUT2D eigenvalue weighted by Gasteiger charge is -2.32. The largest absolute Gasteiger partial charge is 0.460 e. The zero-order chi connectivity index (χ0) is 17.8. The second-order valence-corrected chi connectivity index (χ2v) is 5.84. The number of pyridine rings is 1. The SMILES string of the molecule is COCCOC(=O)C1=C(N)OC2=C(C(=O)CCC2)C1c1ccncc1. The second kappa shape index (κ2) is 7.48. The molecule has 0 bridgehead atoms. The molecular formula is C18H20N2O5. The third-order valence-electron chi connectivity index (χ3n) is 4.26. The van der Waals surface area contributed by atoms with Gasteiger partial charge < -0.3 is 19.9 Å². The number of hydrogen-bond acceptors (Lipinski definition) is 7. The van der Waals surface area contributed by atoms with Gasteiger partial charge in [0.1, 0.15) is 17.9 Å². The van der Waals surface area contributed by atoms with Crippen LogP contribution in [0.4, 0.5) is 0 Å². The fourth-order valence-corrected chi connectivity index (χ4v) is 3.14. The summed E-state index contributed by atoms with van der Waals surface area (Å²) in [5.41, 5.74) is 7.42. The molecule has 25 heavy (non-hydrogen) atoms. The lowest BCUT2D eigenvalue weighted by molar-refractivity contribution is -0.140. The van der Waals surface area contributed by atoms with E-state index in [1.54, 1.807) is 24.5 Å². The topological polar surface area (TPSA) is 101 Å². The van der Waals surface area contributed by atoms with Gasteiger partial charge in [-0.3, -0.25) is 9.78 Å². The smallest absolute Gasteiger partial charge is 0.340 e. The molecule has 2 N–H and O–H groups in total. The third kappa shape index (κ3) is 3.41. The number of carbonyl (C=O) groups excluding carboxylic acids is 2. The van der Waals surface area contributed by atoms with Crippen molar-refractivity contribution in [2.45, 2.75) is 25.2 Å². The molecule has 0 saturated heterocycles. The van der Waals surface area contributed by atoms with E-state index >= 15 is 0 Å². The van der Waals surface area contributed by atoms with Gasteiger partial charge in [-0.1, -0.05) is 0 Å². The Hall–Kier alpha value is -2.67. The van der Waals surface area contributed by atoms with E-state index in [9.17, 15) is 9.59 Å². The van der Waals surface area contributed by atoms with Gasteiger partial charge in [0, 0.05) is 37.9 Å². The van der Waals surface area contributed by atoms with Crippen molar-refractivity contribution in [2.75, 3.05) is 20.3 Å². The average Bonchev–Trinajstić information content (AvgIpc) is 2.61. The maximum absolute atomic E-state index is 12.6. The van der Waals surface area contributed by atoms with Gasteiger partial charge in [-0.05, 0) is 24.1 Å². The van der Waals surface area contributed by atoms with Gasteiger partial charge in [-0.25, -0.2) is 4.79 Å². The Morgan fingerprint density at radius 1 is 1.32 bits per heavy atom. The van der Waals surface area contributed by atoms with Crippen LogP contribution in [0.25, 0.3) is 0 Å². The fraction of sp³-hybridized carbons (Fsp3) is 0.389. The van der Waals surface area contributed by atoms with Gasteiger partial charge in [0.15, 0.2) is 5.78 Å². The highest BCUT2D eigenvalue weighted by Gasteiger charge is 2.41. The Morgan fingerprint density at radius 3 is 2.80 bits per heavy atom. The molecule has 0 spiro atoms. The number of aromatic nitrogens is 1. The lowest BCUT2D eigenvalue weighted by Crippen LogP contribution is -2.31. The number of Topliss-reactive ketones (excluding diaryl/α,β-unsaturated/α-hetero) is 1. The highest BCUT2D eigenvalue weighted by molar-refractivity contribution is 6.03. The summed E-state index contributed by atoms with van der Waals surface area (Å²) in [6.45, 7) is 0.363. The first kappa shape index (κ1) is 17.2. The summed E-state index contributed by atoms with van der Waals surface area (Å²) in [6, 6.07) is 3.52. The van der Waals surface area contributed by atoms with Crippen molar-refractivity contribution in [2.24, 2.45) is 5.73 Å². The molecule has 1 aliphatic heterocycles. The molecule has 0 saturated carbocycles. The Morgan fingerprint density at radius 2 is 2.08 bits per heavy atom. The minimum absolute atomic E-state index is 0.0160. The molecule has 7 heteroatoms. The first-order valence-corrected chi connectivity index (χ1v) is 8.13. The van der Waals surface area contributed by atoms with Crippen molar-refractivity contribution in [3.8, 4) is 0 Å². The molecule has 0 fully saturated rings. The van der Waals surface area contributed by atoms with Gasteiger partial charge >= 0.3 is 5.97 Å². The van der Waals surface area contributed by atoms with Crippen molar-refractivity contribution >= 4 is 11.8 Å². The van der Waals surface area contributed by atoms with Crippen LogP contribution in [0, 0.1) is 0 Å². The highest BCUT2D eigenvalue weighted by Crippen LogP contribution is 2.43. The first-order valence-electron chi connectivity index (χ1n) is 8.13. The van der Waals surface area contributed by atoms with Crippen LogP contribution >= 0.6 is 0 Å². The molecule has 0 aromatic carbocycles. The number of allylic oxidation sites excluding steroid dienone is 2. The van der Waals surface area contributed by atoms with Crippen molar-refractivity contribution in [3.05, 3.63) is 52.9 Å². The Balaban J connectivity index is 2.02. The number of nitrogens with two attached hydrogens (primary N) is 1. The molecule has 1 aromatic heterocycles. The normalized spacial score (nSPS) is 20.2. The number of ether oxygens (including phenoxy) is 3. The van der Waals surface area contributed by atoms with Gasteiger partial charge in [0.25, 0.3) is 0 Å². The van der Waals surface area contributed by atoms with E-state index in [2.05, 4.69) is 4.98 Å². The van der Waals surface area contributed by atoms with E-state index in [0.29, 0.717) is 30.6 Å². The molecule has 2 heterocycles. The number of ketones is 1. The van der Waals surface area contributed by atoms with Crippen LogP contribution in [-0.2, 0) is 23.8 Å². The summed E-state index contributed by atoms with van der Waals surface area (Å²) in [4.78, 5) is 29.2. The van der Waals surface area contributed by atoms with Crippen molar-refractivity contribution in [3.63, 3.8) is 0 Å². The first-order chi connectivity index (χ1) is 12.1. The standard InChI is InChI=1S/C18H20N2O5/c1-23-9-10-24-18(22)16-14(11-5-7-20-8-6-11)15-12(21)3-2-4-13(15)25-17(16)19/h5-8,14H,2-4,9-10,19H2,1H3. The second-order valence-electron chi connectivity index (χ2n) is 5.84. The predicted octanol–water partition coefficient (Wildman–Crippen LogP) is 1.56. The molecule has 7 nitrogen and oxygen atoms in total. The number of esters is 1. The van der Waals surface area contributed by atoms with Crippen LogP contribution in [0.5, 0.6) is 0 Å². The molecular weight excluding hydrogens is 324 g/mol. The van der Waals surface area contributed by atoms with Gasteiger partial charge in [-0.15, -0.1) is 0 Å². The summed E-state index contributed by atoms with van der Waals surface area (Å²) in [5.74, 6) is -0.713. The summed E-state index contributed by atoms with van der Waals surface area (Å²) < 4.78 is 15.7. The lowest BCUT2D eigenvalue weighted by atomic mass is 9.77. The highest BCUT2D eigenvalue weighted by atomic mass is 16.6. The number of hydrogen-bond donors (Lipinski definition) is 1. The van der Waals surface area contributed by atoms with Gasteiger partial charge in [-0.2, -0.15) is 0 Å². The average molecular weight is 344 g/mol. The summed E-state index contributed by atoms with van der Waals surface area (Å²) in [5, 5.41) is 0. The van der Waals surface area contributed by atoms with E-state index in [0.717, 1.165) is 5.56 Å². The Kier molecular flexibility index (Phi) is 5.14. The maximum Gasteiger partial charge on any atom is 0.340 e. The molecule has 0 amide bonds. The number of nitrogens with zero attached hydrogens (tertiary/aromatic N) is 1. The van der Waals surface area contributed by atoms with Crippen molar-refractivity contribution in [1.82, 2.24) is 4.98 Å². The van der Waals surface area contributed by atoms with E-state index in [1.807, 2.05) is 0 Å². The maximum atomic E-state index is 12.6. The molecule has 0 radical (unpaired) electrons. The van der Waals surface area contributed by atoms with Crippen molar-refractivity contribution < 1.29 is 23.8 Å². The Labute approximate surface area is 145 Å². The monoisotopic (exact) mass is 344 g/mol. The van der Waals surface area contributed by atoms with Gasteiger partial charge in [0.05, 0.1) is 12.5 Å².